The molecule has 0 aliphatic rings. The minimum Gasteiger partial charge on any atom is -0.452 e. The first kappa shape index (κ1) is 19.1. The van der Waals surface area contributed by atoms with Crippen molar-refractivity contribution in [2.24, 2.45) is 0 Å². The number of non-ortho nitro benzene ring substituents is 1. The van der Waals surface area contributed by atoms with Crippen LogP contribution in [-0.4, -0.2) is 29.3 Å². The van der Waals surface area contributed by atoms with Gasteiger partial charge in [-0.1, -0.05) is 0 Å². The van der Waals surface area contributed by atoms with E-state index in [-0.39, 0.29) is 11.3 Å². The standard InChI is InChI=1S/C16H15N3O6S/c1-9-7-13(10(2)26-9)16(22)25-8-14(20)17-18-15(21)11-3-5-12(6-4-11)19(23)24/h3-7H,8H2,1-2H3,(H,17,20)(H,18,21). The normalized spacial score (nSPS) is 10.1. The lowest BCUT2D eigenvalue weighted by molar-refractivity contribution is -0.384. The highest BCUT2D eigenvalue weighted by Crippen LogP contribution is 2.21. The van der Waals surface area contributed by atoms with Crippen LogP contribution in [0, 0.1) is 24.0 Å². The van der Waals surface area contributed by atoms with E-state index in [2.05, 4.69) is 10.9 Å². The molecule has 0 radical (unpaired) electrons. The molecule has 2 rings (SSSR count). The minimum atomic E-state index is -0.724. The van der Waals surface area contributed by atoms with Crippen molar-refractivity contribution in [2.45, 2.75) is 13.8 Å². The second-order valence-corrected chi connectivity index (χ2v) is 6.67. The summed E-state index contributed by atoms with van der Waals surface area (Å²) in [6, 6.07) is 6.52. The number of nitrogens with zero attached hydrogens (tertiary/aromatic N) is 1. The molecule has 0 aliphatic heterocycles. The van der Waals surface area contributed by atoms with E-state index in [1.807, 2.05) is 6.92 Å². The summed E-state index contributed by atoms with van der Waals surface area (Å²) in [5.41, 5.74) is 4.59. The summed E-state index contributed by atoms with van der Waals surface area (Å²) in [6.45, 7) is 3.07. The van der Waals surface area contributed by atoms with Crippen LogP contribution in [0.1, 0.15) is 30.5 Å². The zero-order chi connectivity index (χ0) is 19.3. The lowest BCUT2D eigenvalue weighted by atomic mass is 10.2. The van der Waals surface area contributed by atoms with Crippen LogP contribution in [0.25, 0.3) is 0 Å². The summed E-state index contributed by atoms with van der Waals surface area (Å²) < 4.78 is 4.89. The van der Waals surface area contributed by atoms with Crippen LogP contribution in [0.4, 0.5) is 5.69 Å². The van der Waals surface area contributed by atoms with Gasteiger partial charge in [0.15, 0.2) is 6.61 Å². The molecule has 0 bridgehead atoms. The Morgan fingerprint density at radius 1 is 1.15 bits per heavy atom. The molecule has 9 nitrogen and oxygen atoms in total. The molecule has 26 heavy (non-hydrogen) atoms. The number of benzene rings is 1. The maximum Gasteiger partial charge on any atom is 0.339 e. The second kappa shape index (κ2) is 8.21. The summed E-state index contributed by atoms with van der Waals surface area (Å²) in [5, 5.41) is 10.6. The van der Waals surface area contributed by atoms with Gasteiger partial charge in [-0.05, 0) is 32.0 Å². The first-order chi connectivity index (χ1) is 12.3. The van der Waals surface area contributed by atoms with E-state index >= 15 is 0 Å². The summed E-state index contributed by atoms with van der Waals surface area (Å²) in [6.07, 6.45) is 0. The SMILES string of the molecule is Cc1cc(C(=O)OCC(=O)NNC(=O)c2ccc([N+](=O)[O-])cc2)c(C)s1. The molecule has 0 unspecified atom stereocenters. The largest absolute Gasteiger partial charge is 0.452 e. The van der Waals surface area contributed by atoms with Gasteiger partial charge in [0.2, 0.25) is 0 Å². The van der Waals surface area contributed by atoms with E-state index in [9.17, 15) is 24.5 Å². The zero-order valence-electron chi connectivity index (χ0n) is 13.9. The van der Waals surface area contributed by atoms with Gasteiger partial charge in [-0.15, -0.1) is 11.3 Å². The lowest BCUT2D eigenvalue weighted by Crippen LogP contribution is -2.43. The van der Waals surface area contributed by atoms with E-state index in [0.717, 1.165) is 9.75 Å². The van der Waals surface area contributed by atoms with Crippen LogP contribution in [0.3, 0.4) is 0 Å². The molecule has 136 valence electrons. The molecule has 2 N–H and O–H groups in total. The van der Waals surface area contributed by atoms with Crippen LogP contribution in [0.15, 0.2) is 30.3 Å². The number of hydrogen-bond acceptors (Lipinski definition) is 7. The van der Waals surface area contributed by atoms with Crippen LogP contribution in [0.5, 0.6) is 0 Å². The predicted molar refractivity (Wildman–Crippen MR) is 92.8 cm³/mol. The number of nitro groups is 1. The number of nitrogens with one attached hydrogen (secondary N) is 2. The molecule has 2 amide bonds. The molecule has 2 aromatic rings. The maximum atomic E-state index is 11.9. The third-order valence-electron chi connectivity index (χ3n) is 3.25. The second-order valence-electron chi connectivity index (χ2n) is 5.21. The topological polar surface area (TPSA) is 128 Å². The van der Waals surface area contributed by atoms with Crippen LogP contribution in [0.2, 0.25) is 0 Å². The Kier molecular flexibility index (Phi) is 6.02. The molecule has 10 heteroatoms. The lowest BCUT2D eigenvalue weighted by Gasteiger charge is -2.08. The Morgan fingerprint density at radius 2 is 1.81 bits per heavy atom. The third kappa shape index (κ3) is 4.86. The van der Waals surface area contributed by atoms with Gasteiger partial charge in [0.05, 0.1) is 10.5 Å². The van der Waals surface area contributed by atoms with Crippen molar-refractivity contribution in [3.8, 4) is 0 Å². The number of rotatable bonds is 5. The van der Waals surface area contributed by atoms with Gasteiger partial charge >= 0.3 is 5.97 Å². The van der Waals surface area contributed by atoms with Crippen molar-refractivity contribution in [1.82, 2.24) is 10.9 Å². The number of amides is 2. The van der Waals surface area contributed by atoms with Crippen LogP contribution in [-0.2, 0) is 9.53 Å². The van der Waals surface area contributed by atoms with E-state index in [4.69, 9.17) is 4.74 Å². The average Bonchev–Trinajstić information content (AvgIpc) is 2.95. The van der Waals surface area contributed by atoms with Gasteiger partial charge in [-0.3, -0.25) is 30.6 Å². The van der Waals surface area contributed by atoms with E-state index in [0.29, 0.717) is 5.56 Å². The van der Waals surface area contributed by atoms with Crippen molar-refractivity contribution in [3.63, 3.8) is 0 Å². The fourth-order valence-corrected chi connectivity index (χ4v) is 2.92. The Morgan fingerprint density at radius 3 is 2.35 bits per heavy atom. The highest BCUT2D eigenvalue weighted by atomic mass is 32.1. The highest BCUT2D eigenvalue weighted by molar-refractivity contribution is 7.12. The monoisotopic (exact) mass is 377 g/mol. The number of nitro benzene ring substituents is 1. The number of hydrazine groups is 1. The number of aryl methyl sites for hydroxylation is 2. The molecule has 1 aromatic heterocycles. The van der Waals surface area contributed by atoms with E-state index in [1.165, 1.54) is 35.6 Å². The predicted octanol–water partition coefficient (Wildman–Crippen LogP) is 1.89. The first-order valence-electron chi connectivity index (χ1n) is 7.35. The molecule has 1 aromatic carbocycles. The molecule has 0 aliphatic carbocycles. The van der Waals surface area contributed by atoms with Gasteiger partial charge in [-0.2, -0.15) is 0 Å². The summed E-state index contributed by atoms with van der Waals surface area (Å²) in [7, 11) is 0. The number of esters is 1. The van der Waals surface area contributed by atoms with Crippen LogP contribution >= 0.6 is 11.3 Å². The van der Waals surface area contributed by atoms with Crippen molar-refractivity contribution in [3.05, 3.63) is 61.3 Å². The molecule has 0 atom stereocenters. The number of carbonyl (C=O) groups excluding carboxylic acids is 3. The summed E-state index contributed by atoms with van der Waals surface area (Å²) in [4.78, 5) is 47.1. The van der Waals surface area contributed by atoms with Crippen LogP contribution < -0.4 is 10.9 Å². The Bertz CT molecular complexity index is 859. The minimum absolute atomic E-state index is 0.122. The summed E-state index contributed by atoms with van der Waals surface area (Å²) >= 11 is 1.45. The van der Waals surface area contributed by atoms with Crippen molar-refractivity contribution < 1.29 is 24.0 Å². The fourth-order valence-electron chi connectivity index (χ4n) is 2.01. The van der Waals surface area contributed by atoms with Crippen molar-refractivity contribution in [2.75, 3.05) is 6.61 Å². The smallest absolute Gasteiger partial charge is 0.339 e. The molecule has 1 heterocycles. The van der Waals surface area contributed by atoms with Crippen molar-refractivity contribution >= 4 is 34.8 Å². The molecular weight excluding hydrogens is 362 g/mol. The number of hydrogen-bond donors (Lipinski definition) is 2. The molecule has 0 saturated carbocycles. The third-order valence-corrected chi connectivity index (χ3v) is 4.22. The Balaban J connectivity index is 1.81. The average molecular weight is 377 g/mol. The van der Waals surface area contributed by atoms with Gasteiger partial charge in [0.25, 0.3) is 17.5 Å². The van der Waals surface area contributed by atoms with Gasteiger partial charge < -0.3 is 4.74 Å². The van der Waals surface area contributed by atoms with Crippen molar-refractivity contribution in [1.29, 1.82) is 0 Å². The fraction of sp³-hybridized carbons (Fsp3) is 0.188. The molecular formula is C16H15N3O6S. The number of ether oxygens (including phenoxy) is 1. The van der Waals surface area contributed by atoms with Gasteiger partial charge in [0.1, 0.15) is 0 Å². The Hall–Kier alpha value is -3.27. The zero-order valence-corrected chi connectivity index (χ0v) is 14.7. The quantitative estimate of drug-likeness (QED) is 0.465. The summed E-state index contributed by atoms with van der Waals surface area (Å²) in [5.74, 6) is -2.01. The van der Waals surface area contributed by atoms with Gasteiger partial charge in [-0.25, -0.2) is 4.79 Å². The first-order valence-corrected chi connectivity index (χ1v) is 8.17. The van der Waals surface area contributed by atoms with E-state index < -0.39 is 29.3 Å². The number of thiophene rings is 1. The maximum absolute atomic E-state index is 11.9. The molecule has 0 saturated heterocycles. The number of carbonyl (C=O) groups is 3. The molecule has 0 spiro atoms. The highest BCUT2D eigenvalue weighted by Gasteiger charge is 2.15. The van der Waals surface area contributed by atoms with E-state index in [1.54, 1.807) is 13.0 Å². The Labute approximate surface area is 152 Å². The molecule has 0 fully saturated rings. The van der Waals surface area contributed by atoms with Gasteiger partial charge in [0, 0.05) is 27.5 Å².